The summed E-state index contributed by atoms with van der Waals surface area (Å²) < 4.78 is 0. The van der Waals surface area contributed by atoms with Gasteiger partial charge in [-0.3, -0.25) is 4.79 Å². The summed E-state index contributed by atoms with van der Waals surface area (Å²) in [6, 6.07) is 8.54. The highest BCUT2D eigenvalue weighted by molar-refractivity contribution is 7.16. The van der Waals surface area contributed by atoms with E-state index < -0.39 is 0 Å². The third kappa shape index (κ3) is 2.78. The van der Waals surface area contributed by atoms with Crippen LogP contribution in [-0.2, 0) is 24.3 Å². The van der Waals surface area contributed by atoms with Crippen LogP contribution >= 0.6 is 11.3 Å². The van der Waals surface area contributed by atoms with Gasteiger partial charge in [-0.1, -0.05) is 47.8 Å². The molecule has 1 aliphatic heterocycles. The Bertz CT molecular complexity index is 866. The summed E-state index contributed by atoms with van der Waals surface area (Å²) in [7, 11) is 0. The fraction of sp³-hybridized carbons (Fsp3) is 0.400. The average molecular weight is 367 g/mol. The molecule has 3 aliphatic rings. The first-order chi connectivity index (χ1) is 12.7. The van der Waals surface area contributed by atoms with E-state index in [2.05, 4.69) is 34.6 Å². The molecule has 2 aliphatic carbocycles. The van der Waals surface area contributed by atoms with Crippen molar-refractivity contribution in [3.05, 3.63) is 52.4 Å². The van der Waals surface area contributed by atoms with Crippen molar-refractivity contribution in [1.29, 1.82) is 0 Å². The summed E-state index contributed by atoms with van der Waals surface area (Å²) in [4.78, 5) is 19.4. The lowest BCUT2D eigenvalue weighted by Crippen LogP contribution is -2.26. The van der Waals surface area contributed by atoms with Crippen LogP contribution in [0.4, 0.5) is 5.13 Å². The van der Waals surface area contributed by atoms with Gasteiger partial charge in [0.1, 0.15) is 0 Å². The van der Waals surface area contributed by atoms with Crippen molar-refractivity contribution in [2.75, 3.05) is 5.32 Å². The molecule has 5 rings (SSSR count). The Morgan fingerprint density at radius 3 is 2.65 bits per heavy atom. The summed E-state index contributed by atoms with van der Waals surface area (Å²) in [6.07, 6.45) is 7.14. The summed E-state index contributed by atoms with van der Waals surface area (Å²) in [5, 5.41) is 14.4. The highest BCUT2D eigenvalue weighted by atomic mass is 32.1. The molecule has 2 heterocycles. The van der Waals surface area contributed by atoms with E-state index in [-0.39, 0.29) is 18.2 Å². The van der Waals surface area contributed by atoms with Gasteiger partial charge in [0, 0.05) is 19.1 Å². The number of carbonyl (C=O) groups excluding carboxylic acids is 1. The molecule has 1 saturated carbocycles. The molecule has 1 fully saturated rings. The van der Waals surface area contributed by atoms with Gasteiger partial charge in [0.15, 0.2) is 5.13 Å². The zero-order valence-electron chi connectivity index (χ0n) is 14.4. The number of benzene rings is 1. The Labute approximate surface area is 156 Å². The summed E-state index contributed by atoms with van der Waals surface area (Å²) in [5.41, 5.74) is 2.42. The van der Waals surface area contributed by atoms with Crippen LogP contribution in [0.2, 0.25) is 0 Å². The number of rotatable bonds is 4. The first-order valence-electron chi connectivity index (χ1n) is 9.14. The van der Waals surface area contributed by atoms with Crippen LogP contribution in [0.3, 0.4) is 0 Å². The third-order valence-electron chi connectivity index (χ3n) is 5.77. The molecular weight excluding hydrogens is 346 g/mol. The molecule has 2 bridgehead atoms. The number of allylic oxidation sites excluding steroid dienone is 1. The molecule has 6 heteroatoms. The molecule has 1 aromatic carbocycles. The Hall–Kier alpha value is -2.34. The molecule has 0 saturated heterocycles. The molecule has 26 heavy (non-hydrogen) atoms. The Morgan fingerprint density at radius 2 is 2.00 bits per heavy atom. The van der Waals surface area contributed by atoms with Crippen LogP contribution in [0.25, 0.3) is 0 Å². The van der Waals surface area contributed by atoms with Crippen molar-refractivity contribution in [1.82, 2.24) is 9.88 Å². The van der Waals surface area contributed by atoms with Crippen LogP contribution in [0.5, 0.6) is 5.88 Å². The first-order valence-corrected chi connectivity index (χ1v) is 9.95. The second kappa shape index (κ2) is 6.13. The van der Waals surface area contributed by atoms with Crippen molar-refractivity contribution in [2.24, 2.45) is 11.8 Å². The van der Waals surface area contributed by atoms with E-state index in [0.717, 1.165) is 11.6 Å². The topological polar surface area (TPSA) is 65.5 Å². The van der Waals surface area contributed by atoms with Crippen molar-refractivity contribution >= 4 is 22.4 Å². The van der Waals surface area contributed by atoms with Gasteiger partial charge in [0.25, 0.3) is 0 Å². The van der Waals surface area contributed by atoms with Gasteiger partial charge in [-0.25, -0.2) is 0 Å². The second-order valence-corrected chi connectivity index (χ2v) is 8.58. The lowest BCUT2D eigenvalue weighted by molar-refractivity contribution is -0.131. The lowest BCUT2D eigenvalue weighted by Gasteiger charge is -2.18. The molecule has 3 unspecified atom stereocenters. The predicted octanol–water partition coefficient (Wildman–Crippen LogP) is 3.31. The van der Waals surface area contributed by atoms with Gasteiger partial charge in [-0.15, -0.1) is 0 Å². The predicted molar refractivity (Wildman–Crippen MR) is 101 cm³/mol. The number of aromatic nitrogens is 1. The number of carbonyl (C=O) groups is 1. The summed E-state index contributed by atoms with van der Waals surface area (Å²) in [5.74, 6) is 1.28. The Kier molecular flexibility index (Phi) is 3.74. The van der Waals surface area contributed by atoms with Crippen LogP contribution in [0.15, 0.2) is 36.4 Å². The van der Waals surface area contributed by atoms with E-state index in [1.54, 1.807) is 0 Å². The van der Waals surface area contributed by atoms with Crippen LogP contribution in [-0.4, -0.2) is 26.9 Å². The normalized spacial score (nSPS) is 25.7. The lowest BCUT2D eigenvalue weighted by atomic mass is 10.0. The highest BCUT2D eigenvalue weighted by Crippen LogP contribution is 2.41. The van der Waals surface area contributed by atoms with Crippen LogP contribution < -0.4 is 5.32 Å². The highest BCUT2D eigenvalue weighted by Gasteiger charge is 2.36. The van der Waals surface area contributed by atoms with E-state index >= 15 is 0 Å². The molecule has 2 N–H and O–H groups in total. The Balaban J connectivity index is 1.24. The second-order valence-electron chi connectivity index (χ2n) is 7.49. The molecule has 134 valence electrons. The first kappa shape index (κ1) is 15.9. The average Bonchev–Trinajstić information content (AvgIpc) is 3.39. The number of aromatic hydroxyl groups is 1. The number of thiazole rings is 1. The van der Waals surface area contributed by atoms with E-state index in [1.807, 2.05) is 17.0 Å². The number of nitrogens with one attached hydrogen (secondary N) is 1. The van der Waals surface area contributed by atoms with Gasteiger partial charge in [0.2, 0.25) is 11.8 Å². The van der Waals surface area contributed by atoms with Crippen molar-refractivity contribution in [2.45, 2.75) is 38.4 Å². The number of hydrogen-bond acceptors (Lipinski definition) is 5. The Morgan fingerprint density at radius 1 is 1.23 bits per heavy atom. The number of nitrogens with zero attached hydrogens (tertiary/aromatic N) is 2. The van der Waals surface area contributed by atoms with Gasteiger partial charge >= 0.3 is 0 Å². The third-order valence-corrected chi connectivity index (χ3v) is 6.75. The molecular formula is C20H21N3O2S. The smallest absolute Gasteiger partial charge is 0.228 e. The zero-order chi connectivity index (χ0) is 17.7. The largest absolute Gasteiger partial charge is 0.492 e. The molecule has 1 aromatic heterocycles. The monoisotopic (exact) mass is 367 g/mol. The molecule has 0 spiro atoms. The molecule has 2 aromatic rings. The fourth-order valence-corrected chi connectivity index (χ4v) is 5.29. The van der Waals surface area contributed by atoms with Gasteiger partial charge < -0.3 is 15.3 Å². The quantitative estimate of drug-likeness (QED) is 0.814. The van der Waals surface area contributed by atoms with Crippen LogP contribution in [0.1, 0.15) is 28.8 Å². The standard InChI is InChI=1S/C20H21N3O2S/c24-18(23-10-14-3-1-2-4-15(14)11-23)9-17-19(25)22-20(26-17)21-16-8-12-5-6-13(16)7-12/h1-6,12-13,16,25H,7-11H2,(H,21,22). The van der Waals surface area contributed by atoms with Gasteiger partial charge in [0.05, 0.1) is 11.3 Å². The maximum atomic E-state index is 12.7. The minimum atomic E-state index is -0.0127. The molecule has 1 amide bonds. The maximum absolute atomic E-state index is 12.7. The maximum Gasteiger partial charge on any atom is 0.228 e. The minimum absolute atomic E-state index is 0.0127. The number of fused-ring (bicyclic) bond motifs is 3. The zero-order valence-corrected chi connectivity index (χ0v) is 15.2. The van der Waals surface area contributed by atoms with Crippen molar-refractivity contribution < 1.29 is 9.90 Å². The van der Waals surface area contributed by atoms with E-state index in [1.165, 1.54) is 28.9 Å². The van der Waals surface area contributed by atoms with Crippen molar-refractivity contribution in [3.8, 4) is 5.88 Å². The fourth-order valence-electron chi connectivity index (χ4n) is 4.38. The van der Waals surface area contributed by atoms with Crippen LogP contribution in [0, 0.1) is 11.8 Å². The molecule has 0 radical (unpaired) electrons. The van der Waals surface area contributed by atoms with Gasteiger partial charge in [-0.2, -0.15) is 4.98 Å². The minimum Gasteiger partial charge on any atom is -0.492 e. The SMILES string of the molecule is O=C(Cc1sc(NC2CC3C=CC2C3)nc1O)N1Cc2ccccc2C1. The molecule has 3 atom stereocenters. The summed E-state index contributed by atoms with van der Waals surface area (Å²) >= 11 is 1.40. The van der Waals surface area contributed by atoms with E-state index in [0.29, 0.717) is 35.8 Å². The van der Waals surface area contributed by atoms with Crippen molar-refractivity contribution in [3.63, 3.8) is 0 Å². The number of hydrogen-bond donors (Lipinski definition) is 2. The summed E-state index contributed by atoms with van der Waals surface area (Å²) in [6.45, 7) is 1.30. The van der Waals surface area contributed by atoms with E-state index in [4.69, 9.17) is 0 Å². The van der Waals surface area contributed by atoms with E-state index in [9.17, 15) is 9.90 Å². The number of amides is 1. The number of anilines is 1. The van der Waals surface area contributed by atoms with Gasteiger partial charge in [-0.05, 0) is 35.8 Å². The molecule has 5 nitrogen and oxygen atoms in total.